The van der Waals surface area contributed by atoms with Gasteiger partial charge in [-0.05, 0) is 70.3 Å². The van der Waals surface area contributed by atoms with Crippen LogP contribution in [0, 0.1) is 23.0 Å². The fraction of sp³-hybridized carbons (Fsp3) is 0.208. The van der Waals surface area contributed by atoms with E-state index in [2.05, 4.69) is 25.1 Å². The topological polar surface area (TPSA) is 23.8 Å². The van der Waals surface area contributed by atoms with Gasteiger partial charge in [-0.1, -0.05) is 49.7 Å². The van der Waals surface area contributed by atoms with Gasteiger partial charge in [0, 0.05) is 0 Å². The van der Waals surface area contributed by atoms with E-state index in [0.717, 1.165) is 18.4 Å². The van der Waals surface area contributed by atoms with Crippen LogP contribution in [0.25, 0.3) is 22.3 Å². The first-order valence-electron chi connectivity index (χ1n) is 9.25. The average Bonchev–Trinajstić information content (AvgIpc) is 3.02. The van der Waals surface area contributed by atoms with E-state index < -0.39 is 17.2 Å². The summed E-state index contributed by atoms with van der Waals surface area (Å²) in [7, 11) is 0. The number of fused-ring (bicyclic) bond motifs is 3. The van der Waals surface area contributed by atoms with Crippen LogP contribution >= 0.6 is 0 Å². The van der Waals surface area contributed by atoms with E-state index >= 15 is 0 Å². The van der Waals surface area contributed by atoms with E-state index in [-0.39, 0.29) is 0 Å². The Bertz CT molecular complexity index is 1050. The van der Waals surface area contributed by atoms with Crippen LogP contribution in [0.2, 0.25) is 0 Å². The maximum absolute atomic E-state index is 14.0. The first kappa shape index (κ1) is 17.4. The van der Waals surface area contributed by atoms with Crippen molar-refractivity contribution in [3.05, 3.63) is 82.4 Å². The van der Waals surface area contributed by atoms with Crippen LogP contribution in [0.4, 0.5) is 8.78 Å². The number of hydrogen-bond acceptors (Lipinski definition) is 1. The molecule has 0 aromatic heterocycles. The highest BCUT2D eigenvalue weighted by Gasteiger charge is 2.20. The molecule has 0 unspecified atom stereocenters. The zero-order chi connectivity index (χ0) is 19.0. The van der Waals surface area contributed by atoms with Gasteiger partial charge in [0.25, 0.3) is 0 Å². The second kappa shape index (κ2) is 6.96. The van der Waals surface area contributed by atoms with Gasteiger partial charge in [0.05, 0.1) is 0 Å². The van der Waals surface area contributed by atoms with Crippen LogP contribution in [0.3, 0.4) is 0 Å². The minimum Gasteiger partial charge on any atom is -0.205 e. The van der Waals surface area contributed by atoms with Gasteiger partial charge in [0.1, 0.15) is 23.3 Å². The number of benzene rings is 3. The van der Waals surface area contributed by atoms with Crippen LogP contribution < -0.4 is 0 Å². The summed E-state index contributed by atoms with van der Waals surface area (Å²) < 4.78 is 27.9. The summed E-state index contributed by atoms with van der Waals surface area (Å²) >= 11 is 0. The largest absolute Gasteiger partial charge is 0.205 e. The zero-order valence-electron chi connectivity index (χ0n) is 15.2. The Hall–Kier alpha value is -2.99. The van der Waals surface area contributed by atoms with Gasteiger partial charge in [-0.3, -0.25) is 0 Å². The Morgan fingerprint density at radius 2 is 1.56 bits per heavy atom. The lowest BCUT2D eigenvalue weighted by atomic mass is 9.98. The van der Waals surface area contributed by atoms with Crippen molar-refractivity contribution in [2.75, 3.05) is 0 Å². The minimum atomic E-state index is -0.822. The molecule has 0 amide bonds. The van der Waals surface area contributed by atoms with E-state index in [0.29, 0.717) is 5.56 Å². The Kier molecular flexibility index (Phi) is 4.49. The van der Waals surface area contributed by atoms with Crippen molar-refractivity contribution in [3.8, 4) is 28.3 Å². The molecule has 1 aliphatic rings. The molecule has 4 rings (SSSR count). The Morgan fingerprint density at radius 1 is 0.889 bits per heavy atom. The van der Waals surface area contributed by atoms with E-state index in [4.69, 9.17) is 5.26 Å². The predicted octanol–water partition coefficient (Wildman–Crippen LogP) is 6.42. The molecule has 3 aromatic carbocycles. The van der Waals surface area contributed by atoms with Crippen LogP contribution in [-0.4, -0.2) is 0 Å². The Morgan fingerprint density at radius 3 is 2.22 bits per heavy atom. The van der Waals surface area contributed by atoms with Crippen molar-refractivity contribution >= 4 is 0 Å². The van der Waals surface area contributed by atoms with Crippen LogP contribution in [0.15, 0.2) is 48.5 Å². The van der Waals surface area contributed by atoms with Gasteiger partial charge in [-0.25, -0.2) is 8.78 Å². The summed E-state index contributed by atoms with van der Waals surface area (Å²) in [4.78, 5) is 0. The number of nitriles is 1. The first-order chi connectivity index (χ1) is 13.1. The molecule has 0 saturated heterocycles. The maximum atomic E-state index is 14.0. The van der Waals surface area contributed by atoms with E-state index in [1.54, 1.807) is 6.07 Å². The van der Waals surface area contributed by atoms with Crippen molar-refractivity contribution in [1.29, 1.82) is 5.26 Å². The van der Waals surface area contributed by atoms with Crippen molar-refractivity contribution in [1.82, 2.24) is 0 Å². The molecule has 3 heteroatoms. The maximum Gasteiger partial charge on any atom is 0.144 e. The second-order valence-corrected chi connectivity index (χ2v) is 7.07. The van der Waals surface area contributed by atoms with Gasteiger partial charge in [0.2, 0.25) is 0 Å². The van der Waals surface area contributed by atoms with Gasteiger partial charge < -0.3 is 0 Å². The number of rotatable bonds is 4. The lowest BCUT2D eigenvalue weighted by Gasteiger charge is -2.07. The molecule has 27 heavy (non-hydrogen) atoms. The van der Waals surface area contributed by atoms with Crippen molar-refractivity contribution < 1.29 is 8.78 Å². The molecule has 0 spiro atoms. The molecular weight excluding hydrogens is 340 g/mol. The molecule has 0 bridgehead atoms. The molecule has 1 aliphatic carbocycles. The number of halogens is 2. The number of nitrogens with zero attached hydrogens (tertiary/aromatic N) is 1. The Balaban J connectivity index is 1.69. The van der Waals surface area contributed by atoms with Crippen LogP contribution in [0.5, 0.6) is 0 Å². The van der Waals surface area contributed by atoms with Gasteiger partial charge in [-0.2, -0.15) is 5.26 Å². The third-order valence-corrected chi connectivity index (χ3v) is 5.25. The smallest absolute Gasteiger partial charge is 0.144 e. The summed E-state index contributed by atoms with van der Waals surface area (Å²) in [5, 5.41) is 8.83. The molecule has 0 heterocycles. The summed E-state index contributed by atoms with van der Waals surface area (Å²) in [6.45, 7) is 2.19. The van der Waals surface area contributed by atoms with Gasteiger partial charge in [-0.15, -0.1) is 0 Å². The number of hydrogen-bond donors (Lipinski definition) is 0. The summed E-state index contributed by atoms with van der Waals surface area (Å²) in [5.74, 6) is -1.64. The van der Waals surface area contributed by atoms with Gasteiger partial charge >= 0.3 is 0 Å². The third kappa shape index (κ3) is 3.13. The van der Waals surface area contributed by atoms with E-state index in [9.17, 15) is 8.78 Å². The molecule has 0 radical (unpaired) electrons. The molecule has 1 nitrogen and oxygen atoms in total. The van der Waals surface area contributed by atoms with E-state index in [1.165, 1.54) is 52.8 Å². The highest BCUT2D eigenvalue weighted by Crippen LogP contribution is 2.39. The predicted molar refractivity (Wildman–Crippen MR) is 103 cm³/mol. The lowest BCUT2D eigenvalue weighted by Crippen LogP contribution is -1.92. The minimum absolute atomic E-state index is 0.450. The number of aryl methyl sites for hydroxylation is 1. The van der Waals surface area contributed by atoms with Crippen LogP contribution in [-0.2, 0) is 12.8 Å². The molecule has 0 saturated carbocycles. The molecule has 0 fully saturated rings. The van der Waals surface area contributed by atoms with Crippen LogP contribution in [0.1, 0.15) is 42.0 Å². The van der Waals surface area contributed by atoms with Crippen molar-refractivity contribution in [3.63, 3.8) is 0 Å². The van der Waals surface area contributed by atoms with Gasteiger partial charge in [0.15, 0.2) is 0 Å². The normalized spacial score (nSPS) is 11.8. The molecule has 0 atom stereocenters. The Labute approximate surface area is 157 Å². The van der Waals surface area contributed by atoms with E-state index in [1.807, 2.05) is 18.2 Å². The van der Waals surface area contributed by atoms with Crippen molar-refractivity contribution in [2.24, 2.45) is 0 Å². The highest BCUT2D eigenvalue weighted by molar-refractivity contribution is 5.80. The average molecular weight is 359 g/mol. The molecular formula is C24H19F2N. The fourth-order valence-corrected chi connectivity index (χ4v) is 3.83. The fourth-order valence-electron chi connectivity index (χ4n) is 3.83. The first-order valence-corrected chi connectivity index (χ1v) is 9.25. The molecule has 0 N–H and O–H groups in total. The molecule has 134 valence electrons. The number of unbranched alkanes of at least 4 members (excludes halogenated alkanes) is 1. The summed E-state index contributed by atoms with van der Waals surface area (Å²) in [6, 6.07) is 16.6. The summed E-state index contributed by atoms with van der Waals surface area (Å²) in [6.07, 6.45) is 4.29. The highest BCUT2D eigenvalue weighted by atomic mass is 19.1. The van der Waals surface area contributed by atoms with Crippen molar-refractivity contribution in [2.45, 2.75) is 32.6 Å². The lowest BCUT2D eigenvalue weighted by molar-refractivity contribution is 0.577. The standard InChI is InChI=1S/C24H19F2N/c1-2-3-4-15-5-7-20-18(9-15)11-19-10-16(6-8-21(19)20)17-12-23(25)22(14-27)24(26)13-17/h5-10,12-13H,2-4,11H2,1H3. The monoisotopic (exact) mass is 359 g/mol. The zero-order valence-corrected chi connectivity index (χ0v) is 15.2. The third-order valence-electron chi connectivity index (χ3n) is 5.25. The second-order valence-electron chi connectivity index (χ2n) is 7.07. The quantitative estimate of drug-likeness (QED) is 0.412. The summed E-state index contributed by atoms with van der Waals surface area (Å²) in [5.41, 5.74) is 6.95. The molecule has 3 aromatic rings. The molecule has 0 aliphatic heterocycles. The SMILES string of the molecule is CCCCc1ccc2c(c1)Cc1cc(-c3cc(F)c(C#N)c(F)c3)ccc1-2.